The summed E-state index contributed by atoms with van der Waals surface area (Å²) in [7, 11) is 0. The Morgan fingerprint density at radius 1 is 0.969 bits per heavy atom. The largest absolute Gasteiger partial charge is 0.483 e. The summed E-state index contributed by atoms with van der Waals surface area (Å²) in [5, 5.41) is 8.86. The summed E-state index contributed by atoms with van der Waals surface area (Å²) in [4.78, 5) is 35.7. The molecule has 1 aromatic carbocycles. The maximum Gasteiger partial charge on any atom is 0.329 e. The van der Waals surface area contributed by atoms with Gasteiger partial charge in [-0.15, -0.1) is 0 Å². The van der Waals surface area contributed by atoms with Crippen LogP contribution in [0.4, 0.5) is 0 Å². The zero-order valence-electron chi connectivity index (χ0n) is 16.7. The molecule has 3 aromatic rings. The molecule has 0 atom stereocenters. The molecule has 2 heterocycles. The Balaban J connectivity index is 1.49. The van der Waals surface area contributed by atoms with Crippen molar-refractivity contribution < 1.29 is 28.0 Å². The Kier molecular flexibility index (Phi) is 8.21. The van der Waals surface area contributed by atoms with Crippen LogP contribution in [0.1, 0.15) is 17.1 Å². The average Bonchev–Trinajstić information content (AvgIpc) is 3.49. The highest BCUT2D eigenvalue weighted by molar-refractivity contribution is 9.10. The number of hydrazone groups is 1. The van der Waals surface area contributed by atoms with Crippen molar-refractivity contribution in [2.24, 2.45) is 5.10 Å². The van der Waals surface area contributed by atoms with Gasteiger partial charge in [-0.1, -0.05) is 15.9 Å². The smallest absolute Gasteiger partial charge is 0.329 e. The van der Waals surface area contributed by atoms with Crippen LogP contribution >= 0.6 is 15.9 Å². The van der Waals surface area contributed by atoms with Gasteiger partial charge in [0.2, 0.25) is 0 Å². The maximum atomic E-state index is 12.0. The van der Waals surface area contributed by atoms with E-state index >= 15 is 0 Å². The lowest BCUT2D eigenvalue weighted by molar-refractivity contribution is -0.139. The number of furan rings is 2. The van der Waals surface area contributed by atoms with Gasteiger partial charge in [0, 0.05) is 10.0 Å². The molecule has 0 bridgehead atoms. The van der Waals surface area contributed by atoms with Gasteiger partial charge in [-0.25, -0.2) is 5.43 Å². The molecule has 32 heavy (non-hydrogen) atoms. The standard InChI is InChI=1S/C21H19BrN4O6/c22-15-5-6-18(32-13-19(27)23-11-16-3-1-7-30-16)14(9-15)10-25-26-21(29)20(28)24-12-17-4-2-8-31-17/h1-10H,11-13H2,(H,23,27)(H,24,28)(H,26,29)/b25-10-. The van der Waals surface area contributed by atoms with E-state index < -0.39 is 11.8 Å². The van der Waals surface area contributed by atoms with Gasteiger partial charge in [-0.3, -0.25) is 14.4 Å². The summed E-state index contributed by atoms with van der Waals surface area (Å²) < 4.78 is 16.5. The molecule has 10 nitrogen and oxygen atoms in total. The molecule has 0 saturated heterocycles. The number of hydrogen-bond acceptors (Lipinski definition) is 7. The molecule has 0 fully saturated rings. The van der Waals surface area contributed by atoms with Crippen LogP contribution in [0.15, 0.2) is 73.4 Å². The van der Waals surface area contributed by atoms with E-state index in [1.54, 1.807) is 42.5 Å². The Hall–Kier alpha value is -3.86. The van der Waals surface area contributed by atoms with Crippen LogP contribution in [0.25, 0.3) is 0 Å². The first kappa shape index (κ1) is 22.8. The van der Waals surface area contributed by atoms with Crippen molar-refractivity contribution in [2.75, 3.05) is 6.61 Å². The van der Waals surface area contributed by atoms with Gasteiger partial charge in [-0.2, -0.15) is 5.10 Å². The predicted octanol–water partition coefficient (Wildman–Crippen LogP) is 2.10. The highest BCUT2D eigenvalue weighted by Crippen LogP contribution is 2.21. The van der Waals surface area contributed by atoms with Gasteiger partial charge < -0.3 is 24.2 Å². The molecule has 0 spiro atoms. The fraction of sp³-hybridized carbons (Fsp3) is 0.143. The average molecular weight is 503 g/mol. The van der Waals surface area contributed by atoms with E-state index in [9.17, 15) is 14.4 Å². The number of ether oxygens (including phenoxy) is 1. The minimum Gasteiger partial charge on any atom is -0.483 e. The number of carbonyl (C=O) groups is 3. The van der Waals surface area contributed by atoms with Crippen molar-refractivity contribution in [1.29, 1.82) is 0 Å². The van der Waals surface area contributed by atoms with Gasteiger partial charge in [0.05, 0.1) is 31.8 Å². The molecule has 3 N–H and O–H groups in total. The minimum atomic E-state index is -0.942. The first-order valence-electron chi connectivity index (χ1n) is 9.36. The number of rotatable bonds is 9. The van der Waals surface area contributed by atoms with Crippen LogP contribution in [0, 0.1) is 0 Å². The van der Waals surface area contributed by atoms with Crippen molar-refractivity contribution >= 4 is 39.9 Å². The van der Waals surface area contributed by atoms with Crippen LogP contribution in [0.5, 0.6) is 5.75 Å². The molecular weight excluding hydrogens is 484 g/mol. The summed E-state index contributed by atoms with van der Waals surface area (Å²) in [6.07, 6.45) is 4.29. The molecule has 11 heteroatoms. The third kappa shape index (κ3) is 7.13. The lowest BCUT2D eigenvalue weighted by Gasteiger charge is -2.09. The Morgan fingerprint density at radius 3 is 2.31 bits per heavy atom. The molecule has 2 aromatic heterocycles. The number of benzene rings is 1. The first-order chi connectivity index (χ1) is 15.5. The second-order valence-electron chi connectivity index (χ2n) is 6.29. The summed E-state index contributed by atoms with van der Waals surface area (Å²) in [6.45, 7) is 0.0944. The third-order valence-electron chi connectivity index (χ3n) is 3.95. The van der Waals surface area contributed by atoms with Gasteiger partial charge in [-0.05, 0) is 42.5 Å². The SMILES string of the molecule is O=C(COc1ccc(Br)cc1/C=N\NC(=O)C(=O)NCc1ccco1)NCc1ccco1. The number of amides is 3. The fourth-order valence-electron chi connectivity index (χ4n) is 2.42. The fourth-order valence-corrected chi connectivity index (χ4v) is 2.80. The van der Waals surface area contributed by atoms with Crippen molar-refractivity contribution in [3.8, 4) is 5.75 Å². The highest BCUT2D eigenvalue weighted by atomic mass is 79.9. The summed E-state index contributed by atoms with van der Waals surface area (Å²) in [5.41, 5.74) is 2.62. The van der Waals surface area contributed by atoms with E-state index in [4.69, 9.17) is 13.6 Å². The number of hydrogen-bond donors (Lipinski definition) is 3. The third-order valence-corrected chi connectivity index (χ3v) is 4.44. The molecule has 0 aliphatic rings. The molecule has 0 saturated carbocycles. The van der Waals surface area contributed by atoms with Crippen LogP contribution in [0.2, 0.25) is 0 Å². The number of nitrogens with zero attached hydrogens (tertiary/aromatic N) is 1. The molecule has 3 amide bonds. The molecule has 0 radical (unpaired) electrons. The second-order valence-corrected chi connectivity index (χ2v) is 7.20. The summed E-state index contributed by atoms with van der Waals surface area (Å²) in [6, 6.07) is 11.9. The lowest BCUT2D eigenvalue weighted by Crippen LogP contribution is -2.37. The van der Waals surface area contributed by atoms with E-state index in [0.29, 0.717) is 22.8 Å². The van der Waals surface area contributed by atoms with Crippen molar-refractivity contribution in [3.63, 3.8) is 0 Å². The Bertz CT molecular complexity index is 1080. The van der Waals surface area contributed by atoms with E-state index in [2.05, 4.69) is 37.1 Å². The normalized spacial score (nSPS) is 10.7. The minimum absolute atomic E-state index is 0.0780. The van der Waals surface area contributed by atoms with E-state index in [0.717, 1.165) is 4.47 Å². The summed E-state index contributed by atoms with van der Waals surface area (Å²) >= 11 is 3.34. The van der Waals surface area contributed by atoms with Gasteiger partial charge >= 0.3 is 11.8 Å². The van der Waals surface area contributed by atoms with Crippen LogP contribution in [0.3, 0.4) is 0 Å². The van der Waals surface area contributed by atoms with E-state index in [1.165, 1.54) is 18.7 Å². The molecule has 3 rings (SSSR count). The maximum absolute atomic E-state index is 12.0. The Labute approximate surface area is 191 Å². The molecule has 0 aliphatic heterocycles. The second kappa shape index (κ2) is 11.5. The predicted molar refractivity (Wildman–Crippen MR) is 116 cm³/mol. The molecular formula is C21H19BrN4O6. The van der Waals surface area contributed by atoms with E-state index in [1.807, 2.05) is 0 Å². The zero-order chi connectivity index (χ0) is 22.8. The first-order valence-corrected chi connectivity index (χ1v) is 10.2. The van der Waals surface area contributed by atoms with Crippen molar-refractivity contribution in [3.05, 3.63) is 76.5 Å². The van der Waals surface area contributed by atoms with Gasteiger partial charge in [0.25, 0.3) is 5.91 Å². The quantitative estimate of drug-likeness (QED) is 0.233. The zero-order valence-corrected chi connectivity index (χ0v) is 18.3. The van der Waals surface area contributed by atoms with Crippen molar-refractivity contribution in [1.82, 2.24) is 16.1 Å². The number of carbonyl (C=O) groups excluding carboxylic acids is 3. The molecule has 0 aliphatic carbocycles. The van der Waals surface area contributed by atoms with Crippen LogP contribution < -0.4 is 20.8 Å². The number of halogens is 1. The van der Waals surface area contributed by atoms with Crippen LogP contribution in [-0.4, -0.2) is 30.5 Å². The Morgan fingerprint density at radius 2 is 1.66 bits per heavy atom. The summed E-state index contributed by atoms with van der Waals surface area (Å²) in [5.74, 6) is -0.645. The molecule has 0 unspecified atom stereocenters. The monoisotopic (exact) mass is 502 g/mol. The van der Waals surface area contributed by atoms with E-state index in [-0.39, 0.29) is 25.6 Å². The van der Waals surface area contributed by atoms with Crippen LogP contribution in [-0.2, 0) is 27.5 Å². The van der Waals surface area contributed by atoms with Gasteiger partial charge in [0.15, 0.2) is 6.61 Å². The lowest BCUT2D eigenvalue weighted by atomic mass is 10.2. The number of nitrogens with one attached hydrogen (secondary N) is 3. The van der Waals surface area contributed by atoms with Gasteiger partial charge in [0.1, 0.15) is 17.3 Å². The van der Waals surface area contributed by atoms with Crippen molar-refractivity contribution in [2.45, 2.75) is 13.1 Å². The highest BCUT2D eigenvalue weighted by Gasteiger charge is 2.13. The topological polar surface area (TPSA) is 135 Å². The molecule has 166 valence electrons.